The van der Waals surface area contributed by atoms with E-state index in [9.17, 15) is 4.79 Å². The number of nitrogens with two attached hydrogens (primary N) is 1. The molecule has 86 valence electrons. The van der Waals surface area contributed by atoms with Crippen LogP contribution in [0.1, 0.15) is 24.8 Å². The minimum atomic E-state index is 0.203. The molecule has 16 heavy (non-hydrogen) atoms. The van der Waals surface area contributed by atoms with Gasteiger partial charge < -0.3 is 10.6 Å². The zero-order chi connectivity index (χ0) is 11.5. The number of amides is 1. The van der Waals surface area contributed by atoms with Crippen LogP contribution in [-0.2, 0) is 11.2 Å². The molecule has 0 atom stereocenters. The van der Waals surface area contributed by atoms with Crippen molar-refractivity contribution in [3.63, 3.8) is 0 Å². The minimum Gasteiger partial charge on any atom is -0.399 e. The van der Waals surface area contributed by atoms with E-state index >= 15 is 0 Å². The van der Waals surface area contributed by atoms with Crippen LogP contribution in [0.5, 0.6) is 0 Å². The van der Waals surface area contributed by atoms with Crippen molar-refractivity contribution < 1.29 is 4.79 Å². The second-order valence-electron chi connectivity index (χ2n) is 4.51. The molecule has 2 rings (SSSR count). The van der Waals surface area contributed by atoms with Gasteiger partial charge in [-0.25, -0.2) is 0 Å². The van der Waals surface area contributed by atoms with Crippen LogP contribution in [0.25, 0.3) is 0 Å². The van der Waals surface area contributed by atoms with Gasteiger partial charge in [0.2, 0.25) is 5.91 Å². The van der Waals surface area contributed by atoms with Crippen LogP contribution in [0, 0.1) is 0 Å². The first-order chi connectivity index (χ1) is 7.66. The van der Waals surface area contributed by atoms with Crippen LogP contribution in [0.3, 0.4) is 0 Å². The van der Waals surface area contributed by atoms with Crippen molar-refractivity contribution in [2.75, 3.05) is 12.8 Å². The summed E-state index contributed by atoms with van der Waals surface area (Å²) in [7, 11) is 1.91. The van der Waals surface area contributed by atoms with E-state index in [0.29, 0.717) is 12.5 Å². The average molecular weight is 218 g/mol. The number of nitrogens with zero attached hydrogens (tertiary/aromatic N) is 1. The van der Waals surface area contributed by atoms with E-state index in [4.69, 9.17) is 5.73 Å². The van der Waals surface area contributed by atoms with Gasteiger partial charge in [-0.3, -0.25) is 4.79 Å². The number of nitrogen functional groups attached to an aromatic ring is 1. The molecule has 0 unspecified atom stereocenters. The third-order valence-corrected chi connectivity index (χ3v) is 3.35. The Hall–Kier alpha value is -1.51. The van der Waals surface area contributed by atoms with Crippen LogP contribution in [0.15, 0.2) is 24.3 Å². The third-order valence-electron chi connectivity index (χ3n) is 3.35. The Morgan fingerprint density at radius 3 is 2.50 bits per heavy atom. The highest BCUT2D eigenvalue weighted by Gasteiger charge is 2.25. The number of anilines is 1. The number of hydrogen-bond donors (Lipinski definition) is 1. The minimum absolute atomic E-state index is 0.203. The quantitative estimate of drug-likeness (QED) is 0.787. The summed E-state index contributed by atoms with van der Waals surface area (Å²) < 4.78 is 0. The smallest absolute Gasteiger partial charge is 0.226 e. The fraction of sp³-hybridized carbons (Fsp3) is 0.462. The molecule has 0 spiro atoms. The second-order valence-corrected chi connectivity index (χ2v) is 4.51. The summed E-state index contributed by atoms with van der Waals surface area (Å²) in [6.07, 6.45) is 4.05. The molecule has 1 fully saturated rings. The van der Waals surface area contributed by atoms with E-state index in [-0.39, 0.29) is 5.91 Å². The van der Waals surface area contributed by atoms with Crippen molar-refractivity contribution in [2.45, 2.75) is 31.7 Å². The molecule has 0 radical (unpaired) electrons. The Morgan fingerprint density at radius 1 is 1.38 bits per heavy atom. The summed E-state index contributed by atoms with van der Waals surface area (Å²) in [4.78, 5) is 13.8. The van der Waals surface area contributed by atoms with Crippen LogP contribution in [-0.4, -0.2) is 23.9 Å². The zero-order valence-corrected chi connectivity index (χ0v) is 9.65. The standard InChI is InChI=1S/C13H18N2O/c1-15(12-3-2-4-12)13(16)9-10-5-7-11(14)8-6-10/h5-8,12H,2-4,9,14H2,1H3. The summed E-state index contributed by atoms with van der Waals surface area (Å²) in [6.45, 7) is 0. The van der Waals surface area contributed by atoms with Gasteiger partial charge in [0.15, 0.2) is 0 Å². The average Bonchev–Trinajstić information content (AvgIpc) is 2.19. The summed E-state index contributed by atoms with van der Waals surface area (Å²) in [5, 5.41) is 0. The lowest BCUT2D eigenvalue weighted by molar-refractivity contribution is -0.132. The Kier molecular flexibility index (Phi) is 3.13. The maximum absolute atomic E-state index is 11.9. The van der Waals surface area contributed by atoms with Gasteiger partial charge in [-0.2, -0.15) is 0 Å². The molecule has 3 nitrogen and oxygen atoms in total. The number of carbonyl (C=O) groups excluding carboxylic acids is 1. The number of benzene rings is 1. The van der Waals surface area contributed by atoms with Crippen LogP contribution >= 0.6 is 0 Å². The predicted octanol–water partition coefficient (Wildman–Crippen LogP) is 1.82. The summed E-state index contributed by atoms with van der Waals surface area (Å²) >= 11 is 0. The third kappa shape index (κ3) is 2.35. The van der Waals surface area contributed by atoms with Crippen molar-refractivity contribution in [3.05, 3.63) is 29.8 Å². The summed E-state index contributed by atoms with van der Waals surface area (Å²) in [5.74, 6) is 0.203. The van der Waals surface area contributed by atoms with Gasteiger partial charge in [0, 0.05) is 18.8 Å². The fourth-order valence-electron chi connectivity index (χ4n) is 1.91. The summed E-state index contributed by atoms with van der Waals surface area (Å²) in [5.41, 5.74) is 7.37. The van der Waals surface area contributed by atoms with Gasteiger partial charge in [0.05, 0.1) is 6.42 Å². The van der Waals surface area contributed by atoms with Crippen molar-refractivity contribution >= 4 is 11.6 Å². The molecular formula is C13H18N2O. The molecule has 2 N–H and O–H groups in total. The zero-order valence-electron chi connectivity index (χ0n) is 9.65. The Bertz CT molecular complexity index is 368. The van der Waals surface area contributed by atoms with Gasteiger partial charge in [-0.1, -0.05) is 12.1 Å². The molecule has 0 saturated heterocycles. The van der Waals surface area contributed by atoms with E-state index in [2.05, 4.69) is 0 Å². The maximum atomic E-state index is 11.9. The maximum Gasteiger partial charge on any atom is 0.226 e. The van der Waals surface area contributed by atoms with Crippen molar-refractivity contribution in [2.24, 2.45) is 0 Å². The topological polar surface area (TPSA) is 46.3 Å². The molecule has 0 heterocycles. The molecule has 0 aliphatic heterocycles. The van der Waals surface area contributed by atoms with Crippen molar-refractivity contribution in [1.82, 2.24) is 4.90 Å². The first-order valence-electron chi connectivity index (χ1n) is 5.77. The Morgan fingerprint density at radius 2 is 2.00 bits per heavy atom. The SMILES string of the molecule is CN(C(=O)Cc1ccc(N)cc1)C1CCC1. The molecule has 1 amide bonds. The normalized spacial score (nSPS) is 15.6. The largest absolute Gasteiger partial charge is 0.399 e. The lowest BCUT2D eigenvalue weighted by Crippen LogP contribution is -2.42. The van der Waals surface area contributed by atoms with E-state index < -0.39 is 0 Å². The molecule has 1 saturated carbocycles. The molecule has 3 heteroatoms. The molecule has 0 aromatic heterocycles. The van der Waals surface area contributed by atoms with Crippen LogP contribution < -0.4 is 5.73 Å². The molecule has 1 aromatic carbocycles. The van der Waals surface area contributed by atoms with Gasteiger partial charge >= 0.3 is 0 Å². The number of carbonyl (C=O) groups is 1. The molecule has 1 aliphatic rings. The predicted molar refractivity (Wildman–Crippen MR) is 65.0 cm³/mol. The van der Waals surface area contributed by atoms with Gasteiger partial charge in [0.25, 0.3) is 0 Å². The van der Waals surface area contributed by atoms with Gasteiger partial charge in [-0.05, 0) is 37.0 Å². The molecule has 0 bridgehead atoms. The van der Waals surface area contributed by atoms with Crippen molar-refractivity contribution in [3.8, 4) is 0 Å². The van der Waals surface area contributed by atoms with E-state index in [1.807, 2.05) is 36.2 Å². The molecule has 1 aromatic rings. The highest BCUT2D eigenvalue weighted by atomic mass is 16.2. The lowest BCUT2D eigenvalue weighted by atomic mass is 9.91. The van der Waals surface area contributed by atoms with Crippen molar-refractivity contribution in [1.29, 1.82) is 0 Å². The van der Waals surface area contributed by atoms with Crippen LogP contribution in [0.4, 0.5) is 5.69 Å². The number of rotatable bonds is 3. The Labute approximate surface area is 96.2 Å². The molecular weight excluding hydrogens is 200 g/mol. The highest BCUT2D eigenvalue weighted by Crippen LogP contribution is 2.24. The van der Waals surface area contributed by atoms with E-state index in [1.54, 1.807) is 0 Å². The summed E-state index contributed by atoms with van der Waals surface area (Å²) in [6, 6.07) is 7.99. The van der Waals surface area contributed by atoms with E-state index in [1.165, 1.54) is 6.42 Å². The van der Waals surface area contributed by atoms with Gasteiger partial charge in [0.1, 0.15) is 0 Å². The highest BCUT2D eigenvalue weighted by molar-refractivity contribution is 5.79. The number of likely N-dealkylation sites (N-methyl/N-ethyl adjacent to an activating group) is 1. The van der Waals surface area contributed by atoms with Gasteiger partial charge in [-0.15, -0.1) is 0 Å². The van der Waals surface area contributed by atoms with E-state index in [0.717, 1.165) is 24.1 Å². The van der Waals surface area contributed by atoms with Crippen LogP contribution in [0.2, 0.25) is 0 Å². The first-order valence-corrected chi connectivity index (χ1v) is 5.77. The Balaban J connectivity index is 1.93. The monoisotopic (exact) mass is 218 g/mol. The fourth-order valence-corrected chi connectivity index (χ4v) is 1.91. The second kappa shape index (κ2) is 4.56. The number of hydrogen-bond acceptors (Lipinski definition) is 2. The lowest BCUT2D eigenvalue weighted by Gasteiger charge is -2.34. The molecule has 1 aliphatic carbocycles. The first kappa shape index (κ1) is 11.0.